The van der Waals surface area contributed by atoms with Crippen LogP contribution in [0.5, 0.6) is 0 Å². The molecule has 0 bridgehead atoms. The zero-order valence-electron chi connectivity index (χ0n) is 17.6. The average molecular weight is 426 g/mol. The van der Waals surface area contributed by atoms with Gasteiger partial charge in [0.05, 0.1) is 4.92 Å². The summed E-state index contributed by atoms with van der Waals surface area (Å²) in [4.78, 5) is 22.6. The van der Waals surface area contributed by atoms with Crippen LogP contribution < -0.4 is 5.32 Å². The number of fused-ring (bicyclic) bond motifs is 3. The molecular formula is C26H22N2O4. The molecule has 0 spiro atoms. The topological polar surface area (TPSA) is 81.5 Å². The van der Waals surface area contributed by atoms with E-state index in [0.717, 1.165) is 0 Å². The zero-order chi connectivity index (χ0) is 22.5. The summed E-state index contributed by atoms with van der Waals surface area (Å²) in [6, 6.07) is 21.2. The number of aryl methyl sites for hydroxylation is 1. The lowest BCUT2D eigenvalue weighted by Gasteiger charge is -2.14. The number of ether oxygens (including phenoxy) is 1. The van der Waals surface area contributed by atoms with E-state index in [1.807, 2.05) is 24.3 Å². The van der Waals surface area contributed by atoms with Gasteiger partial charge in [-0.2, -0.15) is 0 Å². The first kappa shape index (κ1) is 21.1. The van der Waals surface area contributed by atoms with Gasteiger partial charge >= 0.3 is 6.09 Å². The number of carbonyl (C=O) groups is 1. The van der Waals surface area contributed by atoms with Crippen molar-refractivity contribution in [2.75, 3.05) is 13.2 Å². The summed E-state index contributed by atoms with van der Waals surface area (Å²) in [7, 11) is 0. The fraction of sp³-hybridized carbons (Fsp3) is 0.192. The van der Waals surface area contributed by atoms with Crippen LogP contribution in [0.3, 0.4) is 0 Å². The maximum absolute atomic E-state index is 12.2. The van der Waals surface area contributed by atoms with Crippen LogP contribution in [0.15, 0.2) is 66.7 Å². The number of nitrogens with zero attached hydrogens (tertiary/aromatic N) is 1. The van der Waals surface area contributed by atoms with Gasteiger partial charge in [0.2, 0.25) is 0 Å². The van der Waals surface area contributed by atoms with E-state index in [4.69, 9.17) is 4.74 Å². The highest BCUT2D eigenvalue weighted by atomic mass is 16.6. The number of hydrogen-bond acceptors (Lipinski definition) is 4. The van der Waals surface area contributed by atoms with Crippen molar-refractivity contribution in [3.63, 3.8) is 0 Å². The summed E-state index contributed by atoms with van der Waals surface area (Å²) in [6.45, 7) is 2.31. The number of nitro benzene ring substituents is 1. The maximum Gasteiger partial charge on any atom is 0.407 e. The highest BCUT2D eigenvalue weighted by molar-refractivity contribution is 5.79. The molecular weight excluding hydrogens is 404 g/mol. The Morgan fingerprint density at radius 3 is 2.34 bits per heavy atom. The monoisotopic (exact) mass is 426 g/mol. The van der Waals surface area contributed by atoms with Gasteiger partial charge in [-0.3, -0.25) is 10.1 Å². The molecule has 1 aliphatic rings. The highest BCUT2D eigenvalue weighted by Gasteiger charge is 2.28. The average Bonchev–Trinajstić information content (AvgIpc) is 3.11. The van der Waals surface area contributed by atoms with E-state index >= 15 is 0 Å². The minimum atomic E-state index is -0.472. The Morgan fingerprint density at radius 1 is 1.06 bits per heavy atom. The Morgan fingerprint density at radius 2 is 1.72 bits per heavy atom. The summed E-state index contributed by atoms with van der Waals surface area (Å²) < 4.78 is 5.49. The van der Waals surface area contributed by atoms with E-state index in [9.17, 15) is 14.9 Å². The van der Waals surface area contributed by atoms with Crippen molar-refractivity contribution in [1.82, 2.24) is 5.32 Å². The number of amides is 1. The molecule has 0 atom stereocenters. The van der Waals surface area contributed by atoms with E-state index in [1.54, 1.807) is 19.1 Å². The van der Waals surface area contributed by atoms with Crippen LogP contribution in [0.4, 0.5) is 10.5 Å². The second-order valence-corrected chi connectivity index (χ2v) is 7.56. The number of nitrogens with one attached hydrogen (secondary N) is 1. The van der Waals surface area contributed by atoms with E-state index in [-0.39, 0.29) is 18.2 Å². The Balaban J connectivity index is 1.28. The lowest BCUT2D eigenvalue weighted by atomic mass is 9.98. The Kier molecular flexibility index (Phi) is 6.18. The molecule has 160 valence electrons. The summed E-state index contributed by atoms with van der Waals surface area (Å²) in [5, 5.41) is 13.6. The SMILES string of the molecule is Cc1cc(C#CCCNC(=O)OCC2c3ccccc3-c3ccccc32)ccc1[N+](=O)[O-]. The fourth-order valence-electron chi connectivity index (χ4n) is 3.98. The van der Waals surface area contributed by atoms with Gasteiger partial charge in [0.25, 0.3) is 5.69 Å². The maximum atomic E-state index is 12.2. The standard InChI is InChI=1S/C26H22N2O4/c1-18-16-19(13-14-25(18)28(30)31)8-6-7-15-27-26(29)32-17-24-22-11-4-2-9-20(22)21-10-3-5-12-23(21)24/h2-5,9-14,16,24H,7,15,17H2,1H3,(H,27,29). The molecule has 1 N–H and O–H groups in total. The van der Waals surface area contributed by atoms with Gasteiger partial charge in [-0.05, 0) is 41.3 Å². The van der Waals surface area contributed by atoms with Crippen molar-refractivity contribution in [3.8, 4) is 23.0 Å². The van der Waals surface area contributed by atoms with Gasteiger partial charge in [0, 0.05) is 36.1 Å². The van der Waals surface area contributed by atoms with Crippen LogP contribution in [-0.2, 0) is 4.74 Å². The molecule has 6 heteroatoms. The molecule has 0 aliphatic heterocycles. The summed E-state index contributed by atoms with van der Waals surface area (Å²) in [6.07, 6.45) is -0.0277. The van der Waals surface area contributed by atoms with E-state index in [0.29, 0.717) is 24.1 Å². The van der Waals surface area contributed by atoms with Crippen molar-refractivity contribution in [1.29, 1.82) is 0 Å². The van der Waals surface area contributed by atoms with Crippen molar-refractivity contribution >= 4 is 11.8 Å². The molecule has 6 nitrogen and oxygen atoms in total. The Hall–Kier alpha value is -4.11. The van der Waals surface area contributed by atoms with Crippen LogP contribution in [-0.4, -0.2) is 24.2 Å². The van der Waals surface area contributed by atoms with Crippen molar-refractivity contribution in [2.24, 2.45) is 0 Å². The molecule has 4 rings (SSSR count). The zero-order valence-corrected chi connectivity index (χ0v) is 17.6. The first-order valence-electron chi connectivity index (χ1n) is 10.4. The lowest BCUT2D eigenvalue weighted by molar-refractivity contribution is -0.385. The van der Waals surface area contributed by atoms with Gasteiger partial charge in [-0.15, -0.1) is 0 Å². The van der Waals surface area contributed by atoms with Crippen molar-refractivity contribution in [2.45, 2.75) is 19.3 Å². The summed E-state index contributed by atoms with van der Waals surface area (Å²) in [5.74, 6) is 5.95. The minimum Gasteiger partial charge on any atom is -0.449 e. The molecule has 3 aromatic carbocycles. The third-order valence-electron chi connectivity index (χ3n) is 5.49. The van der Waals surface area contributed by atoms with Crippen LogP contribution in [0.25, 0.3) is 11.1 Å². The molecule has 1 amide bonds. The number of nitro groups is 1. The molecule has 0 fully saturated rings. The third-order valence-corrected chi connectivity index (χ3v) is 5.49. The van der Waals surface area contributed by atoms with Gasteiger partial charge in [-0.25, -0.2) is 4.79 Å². The number of hydrogen-bond donors (Lipinski definition) is 1. The molecule has 0 aromatic heterocycles. The predicted molar refractivity (Wildman–Crippen MR) is 122 cm³/mol. The second-order valence-electron chi connectivity index (χ2n) is 7.56. The van der Waals surface area contributed by atoms with Crippen molar-refractivity contribution in [3.05, 3.63) is 99.1 Å². The van der Waals surface area contributed by atoms with E-state index < -0.39 is 11.0 Å². The third kappa shape index (κ3) is 4.47. The quantitative estimate of drug-likeness (QED) is 0.264. The van der Waals surface area contributed by atoms with Crippen LogP contribution in [0.1, 0.15) is 34.6 Å². The molecule has 0 unspecified atom stereocenters. The van der Waals surface area contributed by atoms with E-state index in [1.165, 1.54) is 28.3 Å². The first-order chi connectivity index (χ1) is 15.5. The molecule has 1 aliphatic carbocycles. The van der Waals surface area contributed by atoms with Gasteiger partial charge in [-0.1, -0.05) is 60.4 Å². The number of alkyl carbamates (subject to hydrolysis) is 1. The Bertz CT molecular complexity index is 1190. The van der Waals surface area contributed by atoms with Crippen LogP contribution >= 0.6 is 0 Å². The van der Waals surface area contributed by atoms with Gasteiger partial charge in [0.1, 0.15) is 6.61 Å². The molecule has 32 heavy (non-hydrogen) atoms. The van der Waals surface area contributed by atoms with Crippen LogP contribution in [0.2, 0.25) is 0 Å². The molecule has 3 aromatic rings. The largest absolute Gasteiger partial charge is 0.449 e. The van der Waals surface area contributed by atoms with Gasteiger partial charge < -0.3 is 10.1 Å². The normalized spacial score (nSPS) is 11.7. The Labute approximate surface area is 186 Å². The molecule has 0 saturated carbocycles. The first-order valence-corrected chi connectivity index (χ1v) is 10.4. The molecule has 0 radical (unpaired) electrons. The minimum absolute atomic E-state index is 0.0262. The summed E-state index contributed by atoms with van der Waals surface area (Å²) >= 11 is 0. The number of rotatable bonds is 5. The van der Waals surface area contributed by atoms with Crippen LogP contribution in [0, 0.1) is 28.9 Å². The predicted octanol–water partition coefficient (Wildman–Crippen LogP) is 5.18. The number of benzene rings is 3. The van der Waals surface area contributed by atoms with Gasteiger partial charge in [0.15, 0.2) is 0 Å². The highest BCUT2D eigenvalue weighted by Crippen LogP contribution is 2.44. The van der Waals surface area contributed by atoms with Crippen molar-refractivity contribution < 1.29 is 14.5 Å². The fourth-order valence-corrected chi connectivity index (χ4v) is 3.98. The summed E-state index contributed by atoms with van der Waals surface area (Å²) in [5.41, 5.74) is 6.07. The molecule has 0 saturated heterocycles. The van der Waals surface area contributed by atoms with E-state index in [2.05, 4.69) is 41.4 Å². The second kappa shape index (κ2) is 9.36. The lowest BCUT2D eigenvalue weighted by Crippen LogP contribution is -2.26. The smallest absolute Gasteiger partial charge is 0.407 e. The molecule has 0 heterocycles. The number of carbonyl (C=O) groups excluding carboxylic acids is 1.